The average molecular weight is 355 g/mol. The number of rotatable bonds is 8. The Morgan fingerprint density at radius 3 is 2.25 bits per heavy atom. The fraction of sp³-hybridized carbons (Fsp3) is 0.684. The van der Waals surface area contributed by atoms with Gasteiger partial charge in [-0.3, -0.25) is 4.90 Å². The van der Waals surface area contributed by atoms with Gasteiger partial charge >= 0.3 is 0 Å². The van der Waals surface area contributed by atoms with E-state index < -0.39 is 0 Å². The van der Waals surface area contributed by atoms with E-state index in [0.717, 1.165) is 29.9 Å². The van der Waals surface area contributed by atoms with Crippen LogP contribution in [-0.2, 0) is 6.54 Å². The molecule has 1 aliphatic carbocycles. The zero-order valence-electron chi connectivity index (χ0n) is 14.9. The van der Waals surface area contributed by atoms with E-state index in [0.29, 0.717) is 0 Å². The third-order valence-electron chi connectivity index (χ3n) is 5.08. The predicted molar refractivity (Wildman–Crippen MR) is 100 cm³/mol. The molecule has 1 aromatic carbocycles. The van der Waals surface area contributed by atoms with Crippen molar-refractivity contribution in [3.63, 3.8) is 0 Å². The van der Waals surface area contributed by atoms with Crippen molar-refractivity contribution < 1.29 is 9.47 Å². The molecule has 0 bridgehead atoms. The number of piperidine rings is 1. The van der Waals surface area contributed by atoms with Crippen LogP contribution in [0.2, 0.25) is 0 Å². The Morgan fingerprint density at radius 2 is 1.67 bits per heavy atom. The van der Waals surface area contributed by atoms with Gasteiger partial charge in [-0.1, -0.05) is 6.07 Å². The predicted octanol–water partition coefficient (Wildman–Crippen LogP) is 3.34. The lowest BCUT2D eigenvalue weighted by molar-refractivity contribution is 0.190. The van der Waals surface area contributed by atoms with E-state index in [4.69, 9.17) is 9.47 Å². The quantitative estimate of drug-likeness (QED) is 0.776. The van der Waals surface area contributed by atoms with Crippen molar-refractivity contribution in [2.24, 2.45) is 11.8 Å². The molecule has 1 aromatic rings. The molecule has 2 fully saturated rings. The van der Waals surface area contributed by atoms with Crippen molar-refractivity contribution in [3.8, 4) is 11.5 Å². The highest BCUT2D eigenvalue weighted by Gasteiger charge is 2.26. The first-order valence-electron chi connectivity index (χ1n) is 8.92. The molecule has 2 aliphatic rings. The maximum atomic E-state index is 5.58. The van der Waals surface area contributed by atoms with Gasteiger partial charge in [0.1, 0.15) is 11.5 Å². The first kappa shape index (κ1) is 19.4. The van der Waals surface area contributed by atoms with E-state index in [-0.39, 0.29) is 12.4 Å². The summed E-state index contributed by atoms with van der Waals surface area (Å²) in [5.41, 5.74) is 1.27. The van der Waals surface area contributed by atoms with Gasteiger partial charge in [-0.2, -0.15) is 0 Å². The minimum Gasteiger partial charge on any atom is -0.497 e. The largest absolute Gasteiger partial charge is 0.497 e. The smallest absolute Gasteiger partial charge is 0.127 e. The van der Waals surface area contributed by atoms with E-state index in [2.05, 4.69) is 16.3 Å². The van der Waals surface area contributed by atoms with Crippen LogP contribution >= 0.6 is 12.4 Å². The molecule has 1 heterocycles. The first-order chi connectivity index (χ1) is 11.3. The first-order valence-corrected chi connectivity index (χ1v) is 8.92. The maximum Gasteiger partial charge on any atom is 0.127 e. The third-order valence-corrected chi connectivity index (χ3v) is 5.08. The molecular weight excluding hydrogens is 324 g/mol. The number of hydrogen-bond acceptors (Lipinski definition) is 4. The van der Waals surface area contributed by atoms with Gasteiger partial charge in [0.2, 0.25) is 0 Å². The molecule has 0 atom stereocenters. The standard InChI is InChI=1S/C19H30N2O2.ClH/c1-22-18-6-5-17(19(11-18)23-2)14-21(12-15-3-4-15)13-16-7-9-20-10-8-16;/h5-6,11,15-16,20H,3-4,7-10,12-14H2,1-2H3;1H. The zero-order chi connectivity index (χ0) is 16.1. The minimum atomic E-state index is 0. The number of nitrogens with one attached hydrogen (secondary N) is 1. The van der Waals surface area contributed by atoms with Gasteiger partial charge in [-0.25, -0.2) is 0 Å². The van der Waals surface area contributed by atoms with E-state index in [1.807, 2.05) is 12.1 Å². The SMILES string of the molecule is COc1ccc(CN(CC2CCNCC2)CC2CC2)c(OC)c1.Cl. The zero-order valence-corrected chi connectivity index (χ0v) is 15.7. The van der Waals surface area contributed by atoms with Crippen molar-refractivity contribution in [1.82, 2.24) is 10.2 Å². The Hall–Kier alpha value is -0.970. The number of methoxy groups -OCH3 is 2. The van der Waals surface area contributed by atoms with E-state index >= 15 is 0 Å². The average Bonchev–Trinajstić information content (AvgIpc) is 3.40. The molecule has 0 amide bonds. The molecule has 1 aliphatic heterocycles. The number of hydrogen-bond donors (Lipinski definition) is 1. The Kier molecular flexibility index (Phi) is 7.66. The van der Waals surface area contributed by atoms with Gasteiger partial charge < -0.3 is 14.8 Å². The molecule has 1 saturated carbocycles. The van der Waals surface area contributed by atoms with Gasteiger partial charge in [0.05, 0.1) is 14.2 Å². The molecule has 24 heavy (non-hydrogen) atoms. The highest BCUT2D eigenvalue weighted by Crippen LogP contribution is 2.32. The Bertz CT molecular complexity index is 502. The van der Waals surface area contributed by atoms with Crippen molar-refractivity contribution in [1.29, 1.82) is 0 Å². The number of halogens is 1. The van der Waals surface area contributed by atoms with Crippen molar-refractivity contribution in [2.75, 3.05) is 40.4 Å². The monoisotopic (exact) mass is 354 g/mol. The van der Waals surface area contributed by atoms with Crippen LogP contribution in [0, 0.1) is 11.8 Å². The molecule has 136 valence electrons. The van der Waals surface area contributed by atoms with Crippen LogP contribution in [0.25, 0.3) is 0 Å². The summed E-state index contributed by atoms with van der Waals surface area (Å²) in [5.74, 6) is 3.55. The van der Waals surface area contributed by atoms with Gasteiger partial charge in [0.15, 0.2) is 0 Å². The second-order valence-corrected chi connectivity index (χ2v) is 7.01. The Balaban J connectivity index is 0.00000208. The number of benzene rings is 1. The molecule has 0 radical (unpaired) electrons. The summed E-state index contributed by atoms with van der Waals surface area (Å²) in [7, 11) is 3.45. The van der Waals surface area contributed by atoms with Gasteiger partial charge in [-0.15, -0.1) is 12.4 Å². The third kappa shape index (κ3) is 5.54. The van der Waals surface area contributed by atoms with Crippen molar-refractivity contribution in [2.45, 2.75) is 32.2 Å². The fourth-order valence-electron chi connectivity index (χ4n) is 3.52. The van der Waals surface area contributed by atoms with Crippen LogP contribution in [0.1, 0.15) is 31.2 Å². The molecular formula is C19H31ClN2O2. The molecule has 1 N–H and O–H groups in total. The number of ether oxygens (including phenoxy) is 2. The van der Waals surface area contributed by atoms with Crippen LogP contribution in [0.15, 0.2) is 18.2 Å². The molecule has 3 rings (SSSR count). The van der Waals surface area contributed by atoms with Gasteiger partial charge in [0.25, 0.3) is 0 Å². The minimum absolute atomic E-state index is 0. The Morgan fingerprint density at radius 1 is 1.00 bits per heavy atom. The Labute approximate surface area is 152 Å². The topological polar surface area (TPSA) is 33.7 Å². The van der Waals surface area contributed by atoms with Crippen molar-refractivity contribution in [3.05, 3.63) is 23.8 Å². The number of nitrogens with zero attached hydrogens (tertiary/aromatic N) is 1. The van der Waals surface area contributed by atoms with Gasteiger partial charge in [-0.05, 0) is 56.7 Å². The molecule has 4 nitrogen and oxygen atoms in total. The summed E-state index contributed by atoms with van der Waals surface area (Å²) in [6.07, 6.45) is 5.42. The summed E-state index contributed by atoms with van der Waals surface area (Å²) in [6.45, 7) is 5.78. The van der Waals surface area contributed by atoms with E-state index in [1.54, 1.807) is 14.2 Å². The van der Waals surface area contributed by atoms with E-state index in [9.17, 15) is 0 Å². The molecule has 1 saturated heterocycles. The van der Waals surface area contributed by atoms with Crippen LogP contribution in [0.5, 0.6) is 11.5 Å². The summed E-state index contributed by atoms with van der Waals surface area (Å²) in [4.78, 5) is 2.65. The highest BCUT2D eigenvalue weighted by molar-refractivity contribution is 5.85. The second kappa shape index (κ2) is 9.50. The highest BCUT2D eigenvalue weighted by atomic mass is 35.5. The summed E-state index contributed by atoms with van der Waals surface area (Å²) < 4.78 is 10.9. The van der Waals surface area contributed by atoms with Crippen molar-refractivity contribution >= 4 is 12.4 Å². The van der Waals surface area contributed by atoms with Gasteiger partial charge in [0, 0.05) is 31.3 Å². The maximum absolute atomic E-state index is 5.58. The lowest BCUT2D eigenvalue weighted by Gasteiger charge is -2.30. The second-order valence-electron chi connectivity index (χ2n) is 7.01. The van der Waals surface area contributed by atoms with E-state index in [1.165, 1.54) is 57.4 Å². The summed E-state index contributed by atoms with van der Waals surface area (Å²) >= 11 is 0. The van der Waals surface area contributed by atoms with Crippen LogP contribution < -0.4 is 14.8 Å². The molecule has 5 heteroatoms. The lowest BCUT2D eigenvalue weighted by atomic mass is 9.97. The fourth-order valence-corrected chi connectivity index (χ4v) is 3.52. The normalized spacial score (nSPS) is 18.3. The van der Waals surface area contributed by atoms with Crippen LogP contribution in [0.4, 0.5) is 0 Å². The summed E-state index contributed by atoms with van der Waals surface area (Å²) in [5, 5.41) is 3.47. The molecule has 0 spiro atoms. The van der Waals surface area contributed by atoms with Crippen LogP contribution in [-0.4, -0.2) is 45.3 Å². The summed E-state index contributed by atoms with van der Waals surface area (Å²) in [6, 6.07) is 6.19. The molecule has 0 aromatic heterocycles. The lowest BCUT2D eigenvalue weighted by Crippen LogP contribution is -2.36. The van der Waals surface area contributed by atoms with Crippen LogP contribution in [0.3, 0.4) is 0 Å². The molecule has 0 unspecified atom stereocenters.